The summed E-state index contributed by atoms with van der Waals surface area (Å²) < 4.78 is 75.3. The molecule has 0 saturated heterocycles. The second-order valence-electron chi connectivity index (χ2n) is 4.29. The van der Waals surface area contributed by atoms with Gasteiger partial charge in [-0.25, -0.2) is 4.98 Å². The van der Waals surface area contributed by atoms with Crippen LogP contribution in [0.25, 0.3) is 11.3 Å². The van der Waals surface area contributed by atoms with E-state index in [0.29, 0.717) is 0 Å². The number of methoxy groups -OCH3 is 1. The molecule has 0 unspecified atom stereocenters. The Morgan fingerprint density at radius 1 is 1.26 bits per heavy atom. The van der Waals surface area contributed by atoms with Crippen LogP contribution >= 0.6 is 11.5 Å². The van der Waals surface area contributed by atoms with Crippen molar-refractivity contribution in [3.05, 3.63) is 28.8 Å². The monoisotopic (exact) mass is 368 g/mol. The van der Waals surface area contributed by atoms with E-state index in [4.69, 9.17) is 4.74 Å². The van der Waals surface area contributed by atoms with Crippen LogP contribution in [-0.4, -0.2) is 32.0 Å². The molecule has 0 aliphatic carbocycles. The third kappa shape index (κ3) is 3.98. The number of rotatable bonds is 5. The number of ether oxygens (including phenoxy) is 1. The van der Waals surface area contributed by atoms with Crippen LogP contribution in [0.4, 0.5) is 13.2 Å². The zero-order chi connectivity index (χ0) is 17.3. The molecule has 6 nitrogen and oxygen atoms in total. The molecule has 0 bridgehead atoms. The lowest BCUT2D eigenvalue weighted by Crippen LogP contribution is -2.12. The molecule has 0 amide bonds. The normalized spacial score (nSPS) is 12.4. The van der Waals surface area contributed by atoms with Crippen molar-refractivity contribution in [2.24, 2.45) is 0 Å². The average molecular weight is 368 g/mol. The number of halogens is 3. The molecular weight excluding hydrogens is 357 g/mol. The summed E-state index contributed by atoms with van der Waals surface area (Å²) in [5.41, 5.74) is -0.312. The molecule has 2 heterocycles. The van der Waals surface area contributed by atoms with Crippen LogP contribution in [-0.2, 0) is 26.2 Å². The molecule has 0 aromatic carbocycles. The van der Waals surface area contributed by atoms with Crippen LogP contribution < -0.4 is 4.74 Å². The molecule has 0 aliphatic heterocycles. The molecule has 0 radical (unpaired) electrons. The Hall–Kier alpha value is -1.72. The van der Waals surface area contributed by atoms with Crippen LogP contribution in [0.2, 0.25) is 0 Å². The summed E-state index contributed by atoms with van der Waals surface area (Å²) in [4.78, 5) is 2.80. The first-order valence-electron chi connectivity index (χ1n) is 6.02. The summed E-state index contributed by atoms with van der Waals surface area (Å²) in [5.74, 6) is -0.665. The first-order chi connectivity index (χ1) is 10.7. The van der Waals surface area contributed by atoms with Gasteiger partial charge in [-0.3, -0.25) is 4.18 Å². The molecule has 0 N–H and O–H groups in total. The topological polar surface area (TPSA) is 78.4 Å². The molecular formula is C12H11F3N2O4S2. The van der Waals surface area contributed by atoms with E-state index in [-0.39, 0.29) is 28.7 Å². The smallest absolute Gasteiger partial charge is 0.427 e. The molecule has 0 saturated carbocycles. The maximum atomic E-state index is 13.1. The van der Waals surface area contributed by atoms with Gasteiger partial charge in [0, 0.05) is 23.4 Å². The highest BCUT2D eigenvalue weighted by atomic mass is 32.2. The van der Waals surface area contributed by atoms with Gasteiger partial charge in [-0.2, -0.15) is 26.0 Å². The molecule has 0 fully saturated rings. The number of alkyl halides is 3. The van der Waals surface area contributed by atoms with Gasteiger partial charge in [-0.05, 0) is 17.6 Å². The van der Waals surface area contributed by atoms with Gasteiger partial charge in [0.05, 0.1) is 19.9 Å². The molecule has 0 atom stereocenters. The van der Waals surface area contributed by atoms with E-state index in [0.717, 1.165) is 7.11 Å². The van der Waals surface area contributed by atoms with Crippen molar-refractivity contribution >= 4 is 21.7 Å². The third-order valence-electron chi connectivity index (χ3n) is 2.84. The Kier molecular flexibility index (Phi) is 4.92. The zero-order valence-electron chi connectivity index (χ0n) is 11.9. The largest absolute Gasteiger partial charge is 0.481 e. The second kappa shape index (κ2) is 6.42. The molecule has 11 heteroatoms. The number of pyridine rings is 1. The van der Waals surface area contributed by atoms with E-state index in [1.54, 1.807) is 0 Å². The van der Waals surface area contributed by atoms with Crippen LogP contribution in [0.3, 0.4) is 0 Å². The fourth-order valence-electron chi connectivity index (χ4n) is 1.77. The minimum Gasteiger partial charge on any atom is -0.481 e. The van der Waals surface area contributed by atoms with Gasteiger partial charge in [-0.1, -0.05) is 0 Å². The number of hydrogen-bond acceptors (Lipinski definition) is 7. The van der Waals surface area contributed by atoms with Gasteiger partial charge in [0.15, 0.2) is 0 Å². The maximum Gasteiger partial charge on any atom is 0.427 e. The maximum absolute atomic E-state index is 13.1. The number of nitrogens with zero attached hydrogens (tertiary/aromatic N) is 2. The molecule has 0 aliphatic rings. The van der Waals surface area contributed by atoms with E-state index in [2.05, 4.69) is 13.5 Å². The first-order valence-corrected chi connectivity index (χ1v) is 8.37. The predicted octanol–water partition coefficient (Wildman–Crippen LogP) is 2.71. The average Bonchev–Trinajstić information content (AvgIpc) is 2.90. The second-order valence-corrected chi connectivity index (χ2v) is 6.81. The Morgan fingerprint density at radius 3 is 2.43 bits per heavy atom. The van der Waals surface area contributed by atoms with Crippen molar-refractivity contribution in [3.8, 4) is 17.1 Å². The van der Waals surface area contributed by atoms with Crippen molar-refractivity contribution in [3.63, 3.8) is 0 Å². The van der Waals surface area contributed by atoms with Crippen LogP contribution in [0.5, 0.6) is 5.88 Å². The zero-order valence-corrected chi connectivity index (χ0v) is 13.5. The standard InChI is InChI=1S/C12H11F3N2O4S2/c1-20-9-4-3-7(5-16-9)10-8(6-23(18,19)21-2)11(22-17-10)12(13,14)15/h3-5H,6H2,1-2H3. The van der Waals surface area contributed by atoms with E-state index in [1.807, 2.05) is 0 Å². The third-order valence-corrected chi connectivity index (χ3v) is 4.92. The van der Waals surface area contributed by atoms with Gasteiger partial charge >= 0.3 is 6.18 Å². The number of aromatic nitrogens is 2. The van der Waals surface area contributed by atoms with Crippen molar-refractivity contribution in [1.29, 1.82) is 0 Å². The molecule has 2 rings (SSSR count). The van der Waals surface area contributed by atoms with Crippen molar-refractivity contribution < 1.29 is 30.5 Å². The van der Waals surface area contributed by atoms with Gasteiger partial charge in [-0.15, -0.1) is 0 Å². The highest BCUT2D eigenvalue weighted by Gasteiger charge is 2.39. The summed E-state index contributed by atoms with van der Waals surface area (Å²) in [6.45, 7) is 0. The molecule has 126 valence electrons. The Bertz CT molecular complexity index is 786. The summed E-state index contributed by atoms with van der Waals surface area (Å²) in [6, 6.07) is 2.89. The fourth-order valence-corrected chi connectivity index (χ4v) is 3.39. The summed E-state index contributed by atoms with van der Waals surface area (Å²) in [5, 5.41) is 0. The highest BCUT2D eigenvalue weighted by Crippen LogP contribution is 2.40. The predicted molar refractivity (Wildman–Crippen MR) is 76.5 cm³/mol. The highest BCUT2D eigenvalue weighted by molar-refractivity contribution is 7.85. The van der Waals surface area contributed by atoms with Crippen LogP contribution in [0.1, 0.15) is 10.4 Å². The Labute approximate surface area is 134 Å². The Morgan fingerprint density at radius 2 is 1.96 bits per heavy atom. The lowest BCUT2D eigenvalue weighted by Gasteiger charge is -2.09. The van der Waals surface area contributed by atoms with Gasteiger partial charge in [0.25, 0.3) is 10.1 Å². The minimum absolute atomic E-state index is 0.0990. The lowest BCUT2D eigenvalue weighted by atomic mass is 10.1. The van der Waals surface area contributed by atoms with E-state index in [1.165, 1.54) is 25.4 Å². The Balaban J connectivity index is 2.57. The van der Waals surface area contributed by atoms with E-state index < -0.39 is 32.5 Å². The van der Waals surface area contributed by atoms with Crippen molar-refractivity contribution in [1.82, 2.24) is 9.36 Å². The van der Waals surface area contributed by atoms with Gasteiger partial charge in [0.2, 0.25) is 5.88 Å². The van der Waals surface area contributed by atoms with Gasteiger partial charge < -0.3 is 4.74 Å². The summed E-state index contributed by atoms with van der Waals surface area (Å²) >= 11 is 0.185. The fraction of sp³-hybridized carbons (Fsp3) is 0.333. The lowest BCUT2D eigenvalue weighted by molar-refractivity contribution is -0.134. The van der Waals surface area contributed by atoms with E-state index in [9.17, 15) is 21.6 Å². The molecule has 2 aromatic rings. The SMILES string of the molecule is COc1ccc(-c2nsc(C(F)(F)F)c2CS(=O)(=O)OC)cn1. The van der Waals surface area contributed by atoms with Crippen LogP contribution in [0, 0.1) is 0 Å². The quantitative estimate of drug-likeness (QED) is 0.755. The first kappa shape index (κ1) is 17.6. The minimum atomic E-state index is -4.71. The summed E-state index contributed by atoms with van der Waals surface area (Å²) in [7, 11) is -1.87. The van der Waals surface area contributed by atoms with E-state index >= 15 is 0 Å². The summed E-state index contributed by atoms with van der Waals surface area (Å²) in [6.07, 6.45) is -3.45. The van der Waals surface area contributed by atoms with Crippen molar-refractivity contribution in [2.75, 3.05) is 14.2 Å². The number of hydrogen-bond donors (Lipinski definition) is 0. The molecule has 0 spiro atoms. The molecule has 23 heavy (non-hydrogen) atoms. The van der Waals surface area contributed by atoms with Crippen molar-refractivity contribution in [2.45, 2.75) is 11.9 Å². The van der Waals surface area contributed by atoms with Gasteiger partial charge in [0.1, 0.15) is 10.6 Å². The van der Waals surface area contributed by atoms with Crippen LogP contribution in [0.15, 0.2) is 18.3 Å². The molecule has 2 aromatic heterocycles.